The van der Waals surface area contributed by atoms with Crippen LogP contribution in [0.1, 0.15) is 89.9 Å². The molecule has 3 saturated carbocycles. The first-order valence-electron chi connectivity index (χ1n) is 11.1. The first-order chi connectivity index (χ1) is 11.9. The number of hydrogen-bond donors (Lipinski definition) is 0. The van der Waals surface area contributed by atoms with Gasteiger partial charge in [-0.25, -0.2) is 0 Å². The van der Waals surface area contributed by atoms with E-state index in [9.17, 15) is 0 Å². The zero-order valence-electron chi connectivity index (χ0n) is 15.9. The molecule has 0 spiro atoms. The highest BCUT2D eigenvalue weighted by Gasteiger charge is 2.23. The summed E-state index contributed by atoms with van der Waals surface area (Å²) in [5.74, 6) is 3.37. The van der Waals surface area contributed by atoms with Gasteiger partial charge in [0.05, 0.1) is 0 Å². The highest BCUT2D eigenvalue weighted by atomic mass is 16.5. The first kappa shape index (κ1) is 18.7. The van der Waals surface area contributed by atoms with Crippen LogP contribution in [0.15, 0.2) is 0 Å². The molecular formula is C22H40O2. The van der Waals surface area contributed by atoms with Crippen LogP contribution in [-0.2, 0) is 9.47 Å². The minimum Gasteiger partial charge on any atom is -0.381 e. The van der Waals surface area contributed by atoms with Crippen molar-refractivity contribution in [3.63, 3.8) is 0 Å². The maximum Gasteiger partial charge on any atom is 0.0494 e. The second-order valence-electron chi connectivity index (χ2n) is 8.97. The number of hydrogen-bond acceptors (Lipinski definition) is 2. The van der Waals surface area contributed by atoms with Gasteiger partial charge in [0.2, 0.25) is 0 Å². The van der Waals surface area contributed by atoms with Crippen molar-refractivity contribution in [1.82, 2.24) is 0 Å². The summed E-state index contributed by atoms with van der Waals surface area (Å²) in [5, 5.41) is 0. The largest absolute Gasteiger partial charge is 0.381 e. The van der Waals surface area contributed by atoms with Crippen molar-refractivity contribution in [1.29, 1.82) is 0 Å². The van der Waals surface area contributed by atoms with Crippen LogP contribution >= 0.6 is 0 Å². The molecule has 3 aliphatic rings. The molecule has 0 aromatic rings. The molecule has 0 atom stereocenters. The molecule has 3 aliphatic carbocycles. The Balaban J connectivity index is 1.19. The summed E-state index contributed by atoms with van der Waals surface area (Å²) in [6.07, 6.45) is 19.7. The number of rotatable bonds is 8. The van der Waals surface area contributed by atoms with Gasteiger partial charge in [0.25, 0.3) is 0 Å². The second kappa shape index (κ2) is 10.8. The summed E-state index contributed by atoms with van der Waals surface area (Å²) in [6, 6.07) is 0. The molecule has 0 heterocycles. The van der Waals surface area contributed by atoms with Gasteiger partial charge in [-0.1, -0.05) is 38.5 Å². The van der Waals surface area contributed by atoms with Crippen molar-refractivity contribution < 1.29 is 9.47 Å². The lowest BCUT2D eigenvalue weighted by molar-refractivity contribution is 0.0234. The van der Waals surface area contributed by atoms with Crippen LogP contribution in [0.5, 0.6) is 0 Å². The Morgan fingerprint density at radius 1 is 0.375 bits per heavy atom. The SMILES string of the molecule is C1CCC(COCC2CCC(COCC3CCCCC3)CC2)CC1. The van der Waals surface area contributed by atoms with Gasteiger partial charge >= 0.3 is 0 Å². The Bertz CT molecular complexity index is 278. The van der Waals surface area contributed by atoms with Crippen molar-refractivity contribution in [2.24, 2.45) is 23.7 Å². The average Bonchev–Trinajstić information content (AvgIpc) is 2.65. The Labute approximate surface area is 150 Å². The van der Waals surface area contributed by atoms with Crippen molar-refractivity contribution >= 4 is 0 Å². The molecule has 0 unspecified atom stereocenters. The van der Waals surface area contributed by atoms with Gasteiger partial charge in [-0.05, 0) is 75.0 Å². The van der Waals surface area contributed by atoms with Crippen molar-refractivity contribution in [3.05, 3.63) is 0 Å². The molecule has 0 N–H and O–H groups in total. The van der Waals surface area contributed by atoms with Gasteiger partial charge in [0.1, 0.15) is 0 Å². The third-order valence-corrected chi connectivity index (χ3v) is 6.83. The lowest BCUT2D eigenvalue weighted by atomic mass is 9.82. The topological polar surface area (TPSA) is 18.5 Å². The summed E-state index contributed by atoms with van der Waals surface area (Å²) in [4.78, 5) is 0. The summed E-state index contributed by atoms with van der Waals surface area (Å²) in [6.45, 7) is 4.10. The summed E-state index contributed by atoms with van der Waals surface area (Å²) in [5.41, 5.74) is 0. The lowest BCUT2D eigenvalue weighted by Crippen LogP contribution is -2.24. The van der Waals surface area contributed by atoms with E-state index in [2.05, 4.69) is 0 Å². The maximum absolute atomic E-state index is 6.08. The maximum atomic E-state index is 6.08. The highest BCUT2D eigenvalue weighted by Crippen LogP contribution is 2.31. The van der Waals surface area contributed by atoms with E-state index in [1.165, 1.54) is 89.9 Å². The molecular weight excluding hydrogens is 296 g/mol. The monoisotopic (exact) mass is 336 g/mol. The smallest absolute Gasteiger partial charge is 0.0494 e. The van der Waals surface area contributed by atoms with E-state index in [0.29, 0.717) is 0 Å². The molecule has 0 aliphatic heterocycles. The molecule has 0 bridgehead atoms. The minimum atomic E-state index is 0.822. The fraction of sp³-hybridized carbons (Fsp3) is 1.00. The summed E-state index contributed by atoms with van der Waals surface area (Å²) >= 11 is 0. The van der Waals surface area contributed by atoms with Gasteiger partial charge in [-0.15, -0.1) is 0 Å². The van der Waals surface area contributed by atoms with Crippen LogP contribution in [0.25, 0.3) is 0 Å². The van der Waals surface area contributed by atoms with E-state index in [4.69, 9.17) is 9.47 Å². The molecule has 140 valence electrons. The standard InChI is InChI=1S/C22H40O2/c1-3-7-19(8-4-1)15-23-17-21-11-13-22(14-12-21)18-24-16-20-9-5-2-6-10-20/h19-22H,1-18H2. The number of ether oxygens (including phenoxy) is 2. The minimum absolute atomic E-state index is 0.822. The second-order valence-corrected chi connectivity index (χ2v) is 8.97. The van der Waals surface area contributed by atoms with E-state index in [1.54, 1.807) is 0 Å². The Morgan fingerprint density at radius 3 is 1.00 bits per heavy atom. The van der Waals surface area contributed by atoms with Gasteiger partial charge in [0.15, 0.2) is 0 Å². The molecule has 0 aromatic carbocycles. The normalized spacial score (nSPS) is 30.5. The van der Waals surface area contributed by atoms with Crippen LogP contribution in [0, 0.1) is 23.7 Å². The third kappa shape index (κ3) is 6.67. The van der Waals surface area contributed by atoms with E-state index in [1.807, 2.05) is 0 Å². The zero-order chi connectivity index (χ0) is 16.5. The molecule has 3 fully saturated rings. The van der Waals surface area contributed by atoms with Crippen LogP contribution in [0.2, 0.25) is 0 Å². The van der Waals surface area contributed by atoms with Crippen LogP contribution < -0.4 is 0 Å². The molecule has 24 heavy (non-hydrogen) atoms. The van der Waals surface area contributed by atoms with E-state index in [0.717, 1.165) is 50.1 Å². The summed E-state index contributed by atoms with van der Waals surface area (Å²) in [7, 11) is 0. The first-order valence-corrected chi connectivity index (χ1v) is 11.1. The van der Waals surface area contributed by atoms with E-state index in [-0.39, 0.29) is 0 Å². The molecule has 0 radical (unpaired) electrons. The zero-order valence-corrected chi connectivity index (χ0v) is 15.9. The van der Waals surface area contributed by atoms with Gasteiger partial charge in [0, 0.05) is 26.4 Å². The predicted octanol–water partition coefficient (Wildman–Crippen LogP) is 5.99. The summed E-state index contributed by atoms with van der Waals surface area (Å²) < 4.78 is 12.2. The molecule has 3 rings (SSSR count). The molecule has 0 aromatic heterocycles. The van der Waals surface area contributed by atoms with Crippen molar-refractivity contribution in [2.45, 2.75) is 89.9 Å². The Kier molecular flexibility index (Phi) is 8.42. The fourth-order valence-corrected chi connectivity index (χ4v) is 5.08. The molecule has 0 saturated heterocycles. The Hall–Kier alpha value is -0.0800. The van der Waals surface area contributed by atoms with Gasteiger partial charge in [-0.2, -0.15) is 0 Å². The quantitative estimate of drug-likeness (QED) is 0.542. The molecule has 0 amide bonds. The molecule has 2 heteroatoms. The molecule has 2 nitrogen and oxygen atoms in total. The predicted molar refractivity (Wildman–Crippen MR) is 100 cm³/mol. The van der Waals surface area contributed by atoms with Gasteiger partial charge in [-0.3, -0.25) is 0 Å². The lowest BCUT2D eigenvalue weighted by Gasteiger charge is -2.30. The van der Waals surface area contributed by atoms with Gasteiger partial charge < -0.3 is 9.47 Å². The van der Waals surface area contributed by atoms with Crippen LogP contribution in [0.3, 0.4) is 0 Å². The third-order valence-electron chi connectivity index (χ3n) is 6.83. The average molecular weight is 337 g/mol. The Morgan fingerprint density at radius 2 is 0.667 bits per heavy atom. The van der Waals surface area contributed by atoms with E-state index < -0.39 is 0 Å². The highest BCUT2D eigenvalue weighted by molar-refractivity contribution is 4.73. The van der Waals surface area contributed by atoms with Crippen LogP contribution in [-0.4, -0.2) is 26.4 Å². The van der Waals surface area contributed by atoms with Crippen molar-refractivity contribution in [2.75, 3.05) is 26.4 Å². The fourth-order valence-electron chi connectivity index (χ4n) is 5.08. The van der Waals surface area contributed by atoms with Crippen LogP contribution in [0.4, 0.5) is 0 Å². The van der Waals surface area contributed by atoms with E-state index >= 15 is 0 Å². The van der Waals surface area contributed by atoms with Crippen molar-refractivity contribution in [3.8, 4) is 0 Å².